The van der Waals surface area contributed by atoms with Crippen molar-refractivity contribution in [1.29, 1.82) is 0 Å². The van der Waals surface area contributed by atoms with E-state index < -0.39 is 0 Å². The van der Waals surface area contributed by atoms with Crippen molar-refractivity contribution in [3.8, 4) is 0 Å². The smallest absolute Gasteiger partial charge is 0.191 e. The van der Waals surface area contributed by atoms with Gasteiger partial charge in [-0.25, -0.2) is 4.99 Å². The molecule has 1 saturated heterocycles. The van der Waals surface area contributed by atoms with Gasteiger partial charge in [0.2, 0.25) is 0 Å². The van der Waals surface area contributed by atoms with Crippen LogP contribution in [0.15, 0.2) is 4.99 Å². The Labute approximate surface area is 112 Å². The van der Waals surface area contributed by atoms with Gasteiger partial charge in [0.15, 0.2) is 5.96 Å². The fraction of sp³-hybridized carbons (Fsp3) is 0.933. The van der Waals surface area contributed by atoms with Crippen molar-refractivity contribution in [2.24, 2.45) is 22.1 Å². The van der Waals surface area contributed by atoms with Crippen LogP contribution in [0.5, 0.6) is 0 Å². The first-order chi connectivity index (χ1) is 8.47. The van der Waals surface area contributed by atoms with E-state index in [2.05, 4.69) is 25.7 Å². The van der Waals surface area contributed by atoms with Gasteiger partial charge in [0.05, 0.1) is 6.04 Å². The van der Waals surface area contributed by atoms with Gasteiger partial charge in [-0.3, -0.25) is 0 Å². The van der Waals surface area contributed by atoms with E-state index >= 15 is 0 Å². The maximum atomic E-state index is 6.16. The molecule has 0 aromatic heterocycles. The maximum Gasteiger partial charge on any atom is 0.191 e. The summed E-state index contributed by atoms with van der Waals surface area (Å²) in [4.78, 5) is 7.00. The first-order valence-electron chi connectivity index (χ1n) is 7.55. The molecular formula is C15H29N3. The highest BCUT2D eigenvalue weighted by Crippen LogP contribution is 2.34. The lowest BCUT2D eigenvalue weighted by atomic mass is 9.75. The molecule has 2 N–H and O–H groups in total. The Bertz CT molecular complexity index is 289. The van der Waals surface area contributed by atoms with Crippen LogP contribution >= 0.6 is 0 Å². The number of hydrogen-bond acceptors (Lipinski definition) is 1. The molecular weight excluding hydrogens is 222 g/mol. The number of aliphatic imine (C=N–C) groups is 1. The fourth-order valence-electron chi connectivity index (χ4n) is 3.28. The molecule has 0 atom stereocenters. The van der Waals surface area contributed by atoms with Gasteiger partial charge in [-0.05, 0) is 37.0 Å². The molecule has 1 aliphatic heterocycles. The van der Waals surface area contributed by atoms with Gasteiger partial charge in [0.25, 0.3) is 0 Å². The Morgan fingerprint density at radius 1 is 1.06 bits per heavy atom. The van der Waals surface area contributed by atoms with E-state index in [9.17, 15) is 0 Å². The van der Waals surface area contributed by atoms with E-state index in [1.807, 2.05) is 0 Å². The van der Waals surface area contributed by atoms with Crippen molar-refractivity contribution < 1.29 is 0 Å². The van der Waals surface area contributed by atoms with Crippen molar-refractivity contribution in [3.63, 3.8) is 0 Å². The predicted molar refractivity (Wildman–Crippen MR) is 77.6 cm³/mol. The van der Waals surface area contributed by atoms with Gasteiger partial charge < -0.3 is 10.6 Å². The summed E-state index contributed by atoms with van der Waals surface area (Å²) in [7, 11) is 0. The highest BCUT2D eigenvalue weighted by atomic mass is 15.3. The van der Waals surface area contributed by atoms with E-state index in [1.54, 1.807) is 0 Å². The van der Waals surface area contributed by atoms with E-state index in [-0.39, 0.29) is 0 Å². The van der Waals surface area contributed by atoms with Crippen LogP contribution in [0.3, 0.4) is 0 Å². The minimum absolute atomic E-state index is 0.434. The van der Waals surface area contributed by atoms with E-state index in [4.69, 9.17) is 10.7 Å². The average molecular weight is 251 g/mol. The third-order valence-corrected chi connectivity index (χ3v) is 4.68. The number of guanidine groups is 1. The van der Waals surface area contributed by atoms with E-state index in [1.165, 1.54) is 38.5 Å². The topological polar surface area (TPSA) is 41.6 Å². The third-order valence-electron chi connectivity index (χ3n) is 4.68. The second kappa shape index (κ2) is 5.50. The molecule has 0 aromatic carbocycles. The van der Waals surface area contributed by atoms with Crippen molar-refractivity contribution in [3.05, 3.63) is 0 Å². The summed E-state index contributed by atoms with van der Waals surface area (Å²) < 4.78 is 0. The molecule has 2 aliphatic rings. The van der Waals surface area contributed by atoms with Crippen LogP contribution in [0.2, 0.25) is 0 Å². The van der Waals surface area contributed by atoms with Gasteiger partial charge >= 0.3 is 0 Å². The monoisotopic (exact) mass is 251 g/mol. The van der Waals surface area contributed by atoms with Crippen LogP contribution in [-0.4, -0.2) is 30.0 Å². The Morgan fingerprint density at radius 2 is 1.61 bits per heavy atom. The van der Waals surface area contributed by atoms with Crippen LogP contribution < -0.4 is 5.73 Å². The number of nitrogens with zero attached hydrogens (tertiary/aromatic N) is 2. The minimum Gasteiger partial charge on any atom is -0.370 e. The van der Waals surface area contributed by atoms with Crippen molar-refractivity contribution in [2.75, 3.05) is 13.1 Å². The molecule has 3 heteroatoms. The molecule has 104 valence electrons. The molecule has 18 heavy (non-hydrogen) atoms. The van der Waals surface area contributed by atoms with Gasteiger partial charge in [-0.2, -0.15) is 0 Å². The Kier molecular flexibility index (Phi) is 4.18. The summed E-state index contributed by atoms with van der Waals surface area (Å²) in [6.45, 7) is 9.23. The van der Waals surface area contributed by atoms with E-state index in [0.29, 0.717) is 11.5 Å². The normalized spacial score (nSPS) is 24.8. The molecule has 1 heterocycles. The number of piperidine rings is 1. The molecule has 2 fully saturated rings. The Balaban J connectivity index is 1.85. The molecule has 3 nitrogen and oxygen atoms in total. The zero-order chi connectivity index (χ0) is 13.2. The maximum absolute atomic E-state index is 6.16. The molecule has 1 aliphatic carbocycles. The van der Waals surface area contributed by atoms with Crippen LogP contribution in [0.4, 0.5) is 0 Å². The fourth-order valence-corrected chi connectivity index (χ4v) is 3.28. The molecule has 0 amide bonds. The first-order valence-corrected chi connectivity index (χ1v) is 7.55. The number of rotatable bonds is 1. The number of hydrogen-bond donors (Lipinski definition) is 1. The lowest BCUT2D eigenvalue weighted by molar-refractivity contribution is 0.148. The quantitative estimate of drug-likeness (QED) is 0.575. The number of likely N-dealkylation sites (tertiary alicyclic amines) is 1. The standard InChI is InChI=1S/C15H29N3/c1-15(2,3)12-8-10-18(11-9-12)14(16)17-13-6-4-5-7-13/h12-13H,4-11H2,1-3H3,(H2,16,17). The Hall–Kier alpha value is -0.730. The van der Waals surface area contributed by atoms with Gasteiger partial charge in [-0.15, -0.1) is 0 Å². The summed E-state index contributed by atoms with van der Waals surface area (Å²) in [5, 5.41) is 0. The van der Waals surface area contributed by atoms with Crippen molar-refractivity contribution in [2.45, 2.75) is 65.3 Å². The van der Waals surface area contributed by atoms with E-state index in [0.717, 1.165) is 25.0 Å². The molecule has 0 unspecified atom stereocenters. The van der Waals surface area contributed by atoms with Crippen LogP contribution in [-0.2, 0) is 0 Å². The summed E-state index contributed by atoms with van der Waals surface area (Å²) in [5.41, 5.74) is 6.59. The summed E-state index contributed by atoms with van der Waals surface area (Å²) in [6, 6.07) is 0.505. The Morgan fingerprint density at radius 3 is 2.11 bits per heavy atom. The van der Waals surface area contributed by atoms with Crippen LogP contribution in [0, 0.1) is 11.3 Å². The van der Waals surface area contributed by atoms with Gasteiger partial charge in [0.1, 0.15) is 0 Å². The van der Waals surface area contributed by atoms with Crippen LogP contribution in [0.25, 0.3) is 0 Å². The molecule has 2 rings (SSSR count). The molecule has 0 bridgehead atoms. The van der Waals surface area contributed by atoms with Gasteiger partial charge in [-0.1, -0.05) is 33.6 Å². The highest BCUT2D eigenvalue weighted by molar-refractivity contribution is 5.78. The second-order valence-electron chi connectivity index (χ2n) is 7.05. The lowest BCUT2D eigenvalue weighted by Gasteiger charge is -2.39. The molecule has 0 spiro atoms. The minimum atomic E-state index is 0.434. The predicted octanol–water partition coefficient (Wildman–Crippen LogP) is 3.00. The number of nitrogens with two attached hydrogens (primary N) is 1. The molecule has 1 saturated carbocycles. The van der Waals surface area contributed by atoms with Crippen LogP contribution in [0.1, 0.15) is 59.3 Å². The highest BCUT2D eigenvalue weighted by Gasteiger charge is 2.29. The summed E-state index contributed by atoms with van der Waals surface area (Å²) in [6.07, 6.45) is 7.63. The average Bonchev–Trinajstić information content (AvgIpc) is 2.81. The largest absolute Gasteiger partial charge is 0.370 e. The second-order valence-corrected chi connectivity index (χ2v) is 7.05. The molecule has 0 radical (unpaired) electrons. The molecule has 0 aromatic rings. The van der Waals surface area contributed by atoms with Crippen molar-refractivity contribution >= 4 is 5.96 Å². The summed E-state index contributed by atoms with van der Waals surface area (Å²) in [5.74, 6) is 1.63. The first kappa shape index (κ1) is 13.7. The SMILES string of the molecule is CC(C)(C)C1CCN(C(N)=NC2CCCC2)CC1. The lowest BCUT2D eigenvalue weighted by Crippen LogP contribution is -2.45. The zero-order valence-electron chi connectivity index (χ0n) is 12.3. The van der Waals surface area contributed by atoms with Gasteiger partial charge in [0, 0.05) is 13.1 Å². The summed E-state index contributed by atoms with van der Waals surface area (Å²) >= 11 is 0. The third kappa shape index (κ3) is 3.39. The van der Waals surface area contributed by atoms with Crippen molar-refractivity contribution in [1.82, 2.24) is 4.90 Å². The zero-order valence-corrected chi connectivity index (χ0v) is 12.3.